The van der Waals surface area contributed by atoms with Gasteiger partial charge in [-0.2, -0.15) is 0 Å². The molecule has 0 aromatic carbocycles. The van der Waals surface area contributed by atoms with Gasteiger partial charge in [-0.05, 0) is 18.8 Å². The van der Waals surface area contributed by atoms with Gasteiger partial charge in [0.25, 0.3) is 11.6 Å². The molecule has 1 aliphatic rings. The van der Waals surface area contributed by atoms with Crippen LogP contribution in [0.25, 0.3) is 0 Å². The van der Waals surface area contributed by atoms with Gasteiger partial charge in [0.05, 0.1) is 11.1 Å². The van der Waals surface area contributed by atoms with E-state index < -0.39 is 10.9 Å². The van der Waals surface area contributed by atoms with E-state index in [0.717, 1.165) is 25.3 Å². The fraction of sp³-hybridized carbons (Fsp3) is 0.600. The van der Waals surface area contributed by atoms with Crippen LogP contribution in [0.15, 0.2) is 12.3 Å². The fourth-order valence-corrected chi connectivity index (χ4v) is 2.83. The second-order valence-corrected chi connectivity index (χ2v) is 5.96. The molecule has 0 unspecified atom stereocenters. The lowest BCUT2D eigenvalue weighted by molar-refractivity contribution is -0.384. The van der Waals surface area contributed by atoms with Crippen LogP contribution >= 0.6 is 0 Å². The molecule has 8 nitrogen and oxygen atoms in total. The van der Waals surface area contributed by atoms with Crippen LogP contribution in [0.4, 0.5) is 5.69 Å². The van der Waals surface area contributed by atoms with Crippen LogP contribution in [-0.2, 0) is 16.6 Å². The summed E-state index contributed by atoms with van der Waals surface area (Å²) >= 11 is 0. The molecular weight excluding hydrogens is 302 g/mol. The van der Waals surface area contributed by atoms with Gasteiger partial charge in [0, 0.05) is 19.2 Å². The van der Waals surface area contributed by atoms with Gasteiger partial charge in [-0.1, -0.05) is 19.8 Å². The molecule has 0 saturated heterocycles. The quantitative estimate of drug-likeness (QED) is 0.505. The SMILES string of the molecule is C[C@@H]1CCCC[C@@H]1NC(=O)COC(=O)c1cc([N+](=O)[O-])cn1C. The zero-order valence-corrected chi connectivity index (χ0v) is 13.3. The van der Waals surface area contributed by atoms with Crippen LogP contribution in [0.2, 0.25) is 0 Å². The molecule has 1 aromatic rings. The second-order valence-electron chi connectivity index (χ2n) is 5.96. The van der Waals surface area contributed by atoms with Gasteiger partial charge < -0.3 is 14.6 Å². The van der Waals surface area contributed by atoms with E-state index in [4.69, 9.17) is 4.74 Å². The van der Waals surface area contributed by atoms with Crippen molar-refractivity contribution in [2.75, 3.05) is 6.61 Å². The molecule has 0 bridgehead atoms. The zero-order chi connectivity index (χ0) is 17.0. The van der Waals surface area contributed by atoms with Crippen LogP contribution in [-0.4, -0.2) is 34.0 Å². The minimum Gasteiger partial charge on any atom is -0.451 e. The van der Waals surface area contributed by atoms with E-state index in [-0.39, 0.29) is 29.9 Å². The highest BCUT2D eigenvalue weighted by Crippen LogP contribution is 2.23. The number of ether oxygens (including phenoxy) is 1. The number of nitro groups is 1. The second kappa shape index (κ2) is 7.26. The van der Waals surface area contributed by atoms with E-state index in [0.29, 0.717) is 5.92 Å². The van der Waals surface area contributed by atoms with E-state index in [1.54, 1.807) is 0 Å². The van der Waals surface area contributed by atoms with Crippen LogP contribution in [0.1, 0.15) is 43.1 Å². The first-order valence-corrected chi connectivity index (χ1v) is 7.65. The molecule has 1 aromatic heterocycles. The lowest BCUT2D eigenvalue weighted by atomic mass is 9.86. The number of carbonyl (C=O) groups is 2. The zero-order valence-electron chi connectivity index (χ0n) is 13.3. The van der Waals surface area contributed by atoms with E-state index in [2.05, 4.69) is 12.2 Å². The number of aromatic nitrogens is 1. The molecule has 0 aliphatic heterocycles. The molecule has 2 atom stereocenters. The molecule has 1 heterocycles. The maximum Gasteiger partial charge on any atom is 0.355 e. The van der Waals surface area contributed by atoms with Gasteiger partial charge in [-0.15, -0.1) is 0 Å². The van der Waals surface area contributed by atoms with Gasteiger partial charge in [0.1, 0.15) is 5.69 Å². The van der Waals surface area contributed by atoms with E-state index >= 15 is 0 Å². The van der Waals surface area contributed by atoms with Crippen LogP contribution in [0.3, 0.4) is 0 Å². The van der Waals surface area contributed by atoms with Crippen molar-refractivity contribution < 1.29 is 19.2 Å². The third kappa shape index (κ3) is 4.30. The van der Waals surface area contributed by atoms with Crippen LogP contribution in [0.5, 0.6) is 0 Å². The monoisotopic (exact) mass is 323 g/mol. The Kier molecular flexibility index (Phi) is 5.36. The maximum atomic E-state index is 11.9. The van der Waals surface area contributed by atoms with Gasteiger partial charge >= 0.3 is 5.97 Å². The smallest absolute Gasteiger partial charge is 0.355 e. The Hall–Kier alpha value is -2.38. The molecule has 1 fully saturated rings. The number of esters is 1. The Morgan fingerprint density at radius 3 is 2.74 bits per heavy atom. The Morgan fingerprint density at radius 2 is 2.13 bits per heavy atom. The molecule has 2 rings (SSSR count). The van der Waals surface area contributed by atoms with E-state index in [1.807, 2.05) is 0 Å². The number of hydrogen-bond donors (Lipinski definition) is 1. The predicted octanol–water partition coefficient (Wildman–Crippen LogP) is 1.78. The average Bonchev–Trinajstić information content (AvgIpc) is 2.89. The molecule has 0 radical (unpaired) electrons. The van der Waals surface area contributed by atoms with Gasteiger partial charge in [-0.3, -0.25) is 14.9 Å². The molecule has 8 heteroatoms. The first-order chi connectivity index (χ1) is 10.9. The highest BCUT2D eigenvalue weighted by molar-refractivity contribution is 5.90. The van der Waals surface area contributed by atoms with Crippen LogP contribution in [0, 0.1) is 16.0 Å². The summed E-state index contributed by atoms with van der Waals surface area (Å²) in [5.74, 6) is -0.688. The van der Waals surface area contributed by atoms with E-state index in [9.17, 15) is 19.7 Å². The van der Waals surface area contributed by atoms with Crippen molar-refractivity contribution in [3.05, 3.63) is 28.1 Å². The Balaban J connectivity index is 1.86. The van der Waals surface area contributed by atoms with Crippen molar-refractivity contribution >= 4 is 17.6 Å². The van der Waals surface area contributed by atoms with Crippen molar-refractivity contribution in [2.45, 2.75) is 38.6 Å². The van der Waals surface area contributed by atoms with Crippen molar-refractivity contribution in [3.8, 4) is 0 Å². The topological polar surface area (TPSA) is 103 Å². The normalized spacial score (nSPS) is 20.8. The van der Waals surface area contributed by atoms with Crippen molar-refractivity contribution in [1.82, 2.24) is 9.88 Å². The summed E-state index contributed by atoms with van der Waals surface area (Å²) in [7, 11) is 1.51. The lowest BCUT2D eigenvalue weighted by Gasteiger charge is -2.29. The number of carbonyl (C=O) groups excluding carboxylic acids is 2. The Bertz CT molecular complexity index is 610. The minimum absolute atomic E-state index is 0.0375. The maximum absolute atomic E-state index is 11.9. The molecule has 1 amide bonds. The van der Waals surface area contributed by atoms with Crippen molar-refractivity contribution in [3.63, 3.8) is 0 Å². The Labute approximate surface area is 133 Å². The average molecular weight is 323 g/mol. The number of nitrogens with zero attached hydrogens (tertiary/aromatic N) is 2. The molecule has 23 heavy (non-hydrogen) atoms. The molecule has 1 saturated carbocycles. The first-order valence-electron chi connectivity index (χ1n) is 7.65. The predicted molar refractivity (Wildman–Crippen MR) is 81.9 cm³/mol. The summed E-state index contributed by atoms with van der Waals surface area (Å²) < 4.78 is 6.25. The fourth-order valence-electron chi connectivity index (χ4n) is 2.83. The van der Waals surface area contributed by atoms with Crippen molar-refractivity contribution in [2.24, 2.45) is 13.0 Å². The van der Waals surface area contributed by atoms with Gasteiger partial charge in [0.2, 0.25) is 0 Å². The largest absolute Gasteiger partial charge is 0.451 e. The Morgan fingerprint density at radius 1 is 1.43 bits per heavy atom. The third-order valence-corrected chi connectivity index (χ3v) is 4.20. The summed E-state index contributed by atoms with van der Waals surface area (Å²) in [5.41, 5.74) is -0.157. The van der Waals surface area contributed by atoms with Gasteiger partial charge in [0.15, 0.2) is 6.61 Å². The number of rotatable bonds is 5. The number of aryl methyl sites for hydroxylation is 1. The molecule has 1 N–H and O–H groups in total. The first kappa shape index (κ1) is 17.0. The summed E-state index contributed by atoms with van der Waals surface area (Å²) in [6, 6.07) is 1.25. The summed E-state index contributed by atoms with van der Waals surface area (Å²) in [4.78, 5) is 33.9. The standard InChI is InChI=1S/C15H21N3O5/c1-10-5-3-4-6-12(10)16-14(19)9-23-15(20)13-7-11(18(21)22)8-17(13)2/h7-8,10,12H,3-6,9H2,1-2H3,(H,16,19)/t10-,12+/m1/s1. The summed E-state index contributed by atoms with van der Waals surface area (Å²) in [6.07, 6.45) is 5.50. The lowest BCUT2D eigenvalue weighted by Crippen LogP contribution is -2.42. The minimum atomic E-state index is -0.757. The van der Waals surface area contributed by atoms with Crippen molar-refractivity contribution in [1.29, 1.82) is 0 Å². The van der Waals surface area contributed by atoms with Gasteiger partial charge in [-0.25, -0.2) is 4.79 Å². The third-order valence-electron chi connectivity index (χ3n) is 4.20. The summed E-state index contributed by atoms with van der Waals surface area (Å²) in [5, 5.41) is 13.6. The number of amides is 1. The number of nitrogens with one attached hydrogen (secondary N) is 1. The highest BCUT2D eigenvalue weighted by Gasteiger charge is 2.24. The molecule has 126 valence electrons. The highest BCUT2D eigenvalue weighted by atomic mass is 16.6. The number of hydrogen-bond acceptors (Lipinski definition) is 5. The summed E-state index contributed by atoms with van der Waals surface area (Å²) in [6.45, 7) is 1.71. The molecular formula is C15H21N3O5. The molecule has 0 spiro atoms. The molecule has 1 aliphatic carbocycles. The van der Waals surface area contributed by atoms with E-state index in [1.165, 1.54) is 24.2 Å². The van der Waals surface area contributed by atoms with Crippen LogP contribution < -0.4 is 5.32 Å².